The highest BCUT2D eigenvalue weighted by molar-refractivity contribution is 9.10. The second kappa shape index (κ2) is 3.80. The summed E-state index contributed by atoms with van der Waals surface area (Å²) in [5.74, 6) is 0.0698. The Labute approximate surface area is 89.5 Å². The normalized spacial score (nSPS) is 16.7. The molecule has 2 nitrogen and oxygen atoms in total. The summed E-state index contributed by atoms with van der Waals surface area (Å²) in [4.78, 5) is 12.3. The van der Waals surface area contributed by atoms with Gasteiger partial charge in [0.05, 0.1) is 4.88 Å². The Bertz CT molecular complexity index is 319. The quantitative estimate of drug-likeness (QED) is 0.870. The lowest BCUT2D eigenvalue weighted by Crippen LogP contribution is -2.39. The van der Waals surface area contributed by atoms with Crippen molar-refractivity contribution in [1.29, 1.82) is 0 Å². The van der Waals surface area contributed by atoms with E-state index in [-0.39, 0.29) is 5.91 Å². The summed E-state index contributed by atoms with van der Waals surface area (Å²) in [6.45, 7) is 0. The van der Waals surface area contributed by atoms with Crippen LogP contribution in [0.4, 0.5) is 0 Å². The number of carbonyl (C=O) groups excluding carboxylic acids is 1. The van der Waals surface area contributed by atoms with Gasteiger partial charge in [-0.3, -0.25) is 4.79 Å². The maximum Gasteiger partial charge on any atom is 0.261 e. The molecule has 0 spiro atoms. The first kappa shape index (κ1) is 9.21. The molecule has 0 aromatic carbocycles. The van der Waals surface area contributed by atoms with Crippen LogP contribution < -0.4 is 5.32 Å². The third-order valence-electron chi connectivity index (χ3n) is 2.23. The van der Waals surface area contributed by atoms with Gasteiger partial charge >= 0.3 is 0 Å². The van der Waals surface area contributed by atoms with Gasteiger partial charge < -0.3 is 5.32 Å². The third-order valence-corrected chi connectivity index (χ3v) is 3.92. The molecule has 0 aliphatic heterocycles. The molecule has 1 aromatic heterocycles. The smallest absolute Gasteiger partial charge is 0.261 e. The minimum atomic E-state index is 0.0698. The van der Waals surface area contributed by atoms with Gasteiger partial charge in [0.1, 0.15) is 0 Å². The van der Waals surface area contributed by atoms with Crippen molar-refractivity contribution in [2.45, 2.75) is 25.3 Å². The van der Waals surface area contributed by atoms with E-state index in [2.05, 4.69) is 21.2 Å². The van der Waals surface area contributed by atoms with Gasteiger partial charge in [-0.2, -0.15) is 0 Å². The van der Waals surface area contributed by atoms with Crippen LogP contribution in [0, 0.1) is 0 Å². The van der Waals surface area contributed by atoms with Crippen LogP contribution in [0.15, 0.2) is 15.9 Å². The van der Waals surface area contributed by atoms with Crippen molar-refractivity contribution >= 4 is 33.2 Å². The van der Waals surface area contributed by atoms with Gasteiger partial charge in [-0.25, -0.2) is 0 Å². The highest BCUT2D eigenvalue weighted by atomic mass is 79.9. The number of nitrogens with one attached hydrogen (secondary N) is 1. The Hall–Kier alpha value is -0.350. The van der Waals surface area contributed by atoms with E-state index in [1.807, 2.05) is 11.4 Å². The topological polar surface area (TPSA) is 29.1 Å². The van der Waals surface area contributed by atoms with Crippen LogP contribution in [0.1, 0.15) is 28.9 Å². The largest absolute Gasteiger partial charge is 0.349 e. The molecule has 0 bridgehead atoms. The summed E-state index contributed by atoms with van der Waals surface area (Å²) in [5.41, 5.74) is 0. The van der Waals surface area contributed by atoms with Gasteiger partial charge in [-0.1, -0.05) is 0 Å². The maximum absolute atomic E-state index is 11.5. The maximum atomic E-state index is 11.5. The molecule has 2 rings (SSSR count). The second-order valence-electron chi connectivity index (χ2n) is 3.23. The summed E-state index contributed by atoms with van der Waals surface area (Å²) in [5, 5.41) is 4.92. The first-order valence-corrected chi connectivity index (χ1v) is 5.98. The SMILES string of the molecule is O=C(NC1CCC1)c1cc(Br)cs1. The Balaban J connectivity index is 1.96. The zero-order chi connectivity index (χ0) is 9.26. The fourth-order valence-corrected chi connectivity index (χ4v) is 2.57. The standard InChI is InChI=1S/C9H10BrNOS/c10-6-4-8(13-5-6)9(12)11-7-2-1-3-7/h4-5,7H,1-3H2,(H,11,12). The second-order valence-corrected chi connectivity index (χ2v) is 5.06. The lowest BCUT2D eigenvalue weighted by atomic mass is 9.93. The molecule has 0 unspecified atom stereocenters. The van der Waals surface area contributed by atoms with Crippen LogP contribution in [0.25, 0.3) is 0 Å². The van der Waals surface area contributed by atoms with Crippen molar-refractivity contribution < 1.29 is 4.79 Å². The van der Waals surface area contributed by atoms with Gasteiger partial charge in [0.15, 0.2) is 0 Å². The zero-order valence-electron chi connectivity index (χ0n) is 7.05. The summed E-state index contributed by atoms with van der Waals surface area (Å²) in [7, 11) is 0. The Morgan fingerprint density at radius 3 is 2.85 bits per heavy atom. The van der Waals surface area contributed by atoms with E-state index in [9.17, 15) is 4.79 Å². The Kier molecular flexibility index (Phi) is 2.69. The number of hydrogen-bond acceptors (Lipinski definition) is 2. The monoisotopic (exact) mass is 259 g/mol. The van der Waals surface area contributed by atoms with Gasteiger partial charge in [0.25, 0.3) is 5.91 Å². The molecule has 1 amide bonds. The van der Waals surface area contributed by atoms with Crippen LogP contribution >= 0.6 is 27.3 Å². The van der Waals surface area contributed by atoms with Crippen molar-refractivity contribution in [2.24, 2.45) is 0 Å². The van der Waals surface area contributed by atoms with E-state index in [0.29, 0.717) is 6.04 Å². The highest BCUT2D eigenvalue weighted by Crippen LogP contribution is 2.22. The molecule has 1 aliphatic rings. The highest BCUT2D eigenvalue weighted by Gasteiger charge is 2.20. The molecule has 1 fully saturated rings. The first-order valence-electron chi connectivity index (χ1n) is 4.30. The molecule has 4 heteroatoms. The molecule has 1 N–H and O–H groups in total. The molecule has 70 valence electrons. The lowest BCUT2D eigenvalue weighted by molar-refractivity contribution is 0.0921. The van der Waals surface area contributed by atoms with Crippen molar-refractivity contribution in [3.63, 3.8) is 0 Å². The molecular weight excluding hydrogens is 250 g/mol. The average molecular weight is 260 g/mol. The molecule has 1 saturated carbocycles. The van der Waals surface area contributed by atoms with Gasteiger partial charge in [0, 0.05) is 15.9 Å². The molecule has 1 heterocycles. The lowest BCUT2D eigenvalue weighted by Gasteiger charge is -2.25. The predicted molar refractivity (Wildman–Crippen MR) is 57.1 cm³/mol. The fraction of sp³-hybridized carbons (Fsp3) is 0.444. The van der Waals surface area contributed by atoms with Crippen LogP contribution in [-0.4, -0.2) is 11.9 Å². The van der Waals surface area contributed by atoms with Crippen LogP contribution in [0.3, 0.4) is 0 Å². The van der Waals surface area contributed by atoms with Crippen LogP contribution in [0.2, 0.25) is 0 Å². The Morgan fingerprint density at radius 1 is 1.62 bits per heavy atom. The number of rotatable bonds is 2. The van der Waals surface area contributed by atoms with E-state index in [1.54, 1.807) is 0 Å². The number of thiophene rings is 1. The summed E-state index contributed by atoms with van der Waals surface area (Å²) < 4.78 is 0.983. The van der Waals surface area contributed by atoms with Crippen molar-refractivity contribution in [2.75, 3.05) is 0 Å². The van der Waals surface area contributed by atoms with E-state index in [1.165, 1.54) is 17.8 Å². The minimum absolute atomic E-state index is 0.0698. The van der Waals surface area contributed by atoms with Gasteiger partial charge in [-0.05, 0) is 41.3 Å². The van der Waals surface area contributed by atoms with E-state index < -0.39 is 0 Å². The fourth-order valence-electron chi connectivity index (χ4n) is 1.24. The van der Waals surface area contributed by atoms with Crippen LogP contribution in [-0.2, 0) is 0 Å². The summed E-state index contributed by atoms with van der Waals surface area (Å²) in [6.07, 6.45) is 3.52. The molecule has 13 heavy (non-hydrogen) atoms. The van der Waals surface area contributed by atoms with Crippen molar-refractivity contribution in [1.82, 2.24) is 5.32 Å². The van der Waals surface area contributed by atoms with Gasteiger partial charge in [0.2, 0.25) is 0 Å². The van der Waals surface area contributed by atoms with Crippen molar-refractivity contribution in [3.05, 3.63) is 20.8 Å². The third kappa shape index (κ3) is 2.11. The zero-order valence-corrected chi connectivity index (χ0v) is 9.45. The van der Waals surface area contributed by atoms with E-state index >= 15 is 0 Å². The first-order chi connectivity index (χ1) is 6.25. The number of hydrogen-bond donors (Lipinski definition) is 1. The van der Waals surface area contributed by atoms with Gasteiger partial charge in [-0.15, -0.1) is 11.3 Å². The molecule has 1 aromatic rings. The summed E-state index contributed by atoms with van der Waals surface area (Å²) in [6, 6.07) is 2.28. The van der Waals surface area contributed by atoms with E-state index in [4.69, 9.17) is 0 Å². The molecule has 0 radical (unpaired) electrons. The molecular formula is C9H10BrNOS. The number of amides is 1. The molecule has 0 saturated heterocycles. The number of carbonyl (C=O) groups is 1. The van der Waals surface area contributed by atoms with Crippen LogP contribution in [0.5, 0.6) is 0 Å². The summed E-state index contributed by atoms with van der Waals surface area (Å²) >= 11 is 4.80. The Morgan fingerprint density at radius 2 is 2.38 bits per heavy atom. The average Bonchev–Trinajstić information content (AvgIpc) is 2.44. The molecule has 0 atom stereocenters. The predicted octanol–water partition coefficient (Wildman–Crippen LogP) is 2.79. The number of halogens is 1. The minimum Gasteiger partial charge on any atom is -0.349 e. The molecule has 1 aliphatic carbocycles. The van der Waals surface area contributed by atoms with Crippen molar-refractivity contribution in [3.8, 4) is 0 Å². The van der Waals surface area contributed by atoms with E-state index in [0.717, 1.165) is 22.2 Å².